The molecule has 0 saturated carbocycles. The molecular formula is C11H15O-. The van der Waals surface area contributed by atoms with Gasteiger partial charge in [-0.15, -0.1) is 5.75 Å². The average molecular weight is 163 g/mol. The van der Waals surface area contributed by atoms with Crippen LogP contribution in [0.25, 0.3) is 0 Å². The van der Waals surface area contributed by atoms with E-state index in [9.17, 15) is 5.11 Å². The minimum atomic E-state index is 0.0886. The summed E-state index contributed by atoms with van der Waals surface area (Å²) in [5.41, 5.74) is 1.43. The number of hydrogen-bond donors (Lipinski definition) is 0. The maximum atomic E-state index is 10.8. The Morgan fingerprint density at radius 1 is 1.17 bits per heavy atom. The van der Waals surface area contributed by atoms with Crippen molar-refractivity contribution >= 4 is 0 Å². The van der Waals surface area contributed by atoms with E-state index in [1.165, 1.54) is 5.56 Å². The number of rotatable bonds is 2. The third-order valence-corrected chi connectivity index (χ3v) is 2.52. The Bertz CT molecular complexity index is 246. The fraction of sp³-hybridized carbons (Fsp3) is 0.455. The zero-order valence-electron chi connectivity index (χ0n) is 7.92. The Hall–Kier alpha value is -0.980. The minimum absolute atomic E-state index is 0.0886. The quantitative estimate of drug-likeness (QED) is 0.656. The van der Waals surface area contributed by atoms with Crippen molar-refractivity contribution in [2.75, 3.05) is 0 Å². The largest absolute Gasteiger partial charge is 0.872 e. The van der Waals surface area contributed by atoms with E-state index in [2.05, 4.69) is 20.8 Å². The van der Waals surface area contributed by atoms with Crippen LogP contribution in [0.2, 0.25) is 0 Å². The first-order valence-corrected chi connectivity index (χ1v) is 4.34. The predicted molar refractivity (Wildman–Crippen MR) is 49.2 cm³/mol. The van der Waals surface area contributed by atoms with Gasteiger partial charge in [-0.3, -0.25) is 0 Å². The molecule has 12 heavy (non-hydrogen) atoms. The molecule has 0 radical (unpaired) electrons. The van der Waals surface area contributed by atoms with Gasteiger partial charge in [-0.2, -0.15) is 0 Å². The van der Waals surface area contributed by atoms with E-state index in [1.807, 2.05) is 12.1 Å². The molecule has 0 atom stereocenters. The summed E-state index contributed by atoms with van der Waals surface area (Å²) < 4.78 is 0. The monoisotopic (exact) mass is 163 g/mol. The molecule has 0 amide bonds. The molecule has 0 unspecified atom stereocenters. The van der Waals surface area contributed by atoms with Crippen LogP contribution in [0.4, 0.5) is 0 Å². The van der Waals surface area contributed by atoms with Gasteiger partial charge in [-0.05, 0) is 17.4 Å². The van der Waals surface area contributed by atoms with E-state index in [0.29, 0.717) is 0 Å². The summed E-state index contributed by atoms with van der Waals surface area (Å²) in [5.74, 6) is 0.0886. The van der Waals surface area contributed by atoms with Gasteiger partial charge in [0.05, 0.1) is 0 Å². The molecule has 66 valence electrons. The van der Waals surface area contributed by atoms with Gasteiger partial charge in [0.15, 0.2) is 0 Å². The summed E-state index contributed by atoms with van der Waals surface area (Å²) in [5, 5.41) is 10.8. The maximum absolute atomic E-state index is 10.8. The fourth-order valence-electron chi connectivity index (χ4n) is 1.11. The Balaban J connectivity index is 2.96. The van der Waals surface area contributed by atoms with Gasteiger partial charge >= 0.3 is 0 Å². The summed E-state index contributed by atoms with van der Waals surface area (Å²) in [6.45, 7) is 6.53. The van der Waals surface area contributed by atoms with Crippen molar-refractivity contribution in [3.8, 4) is 5.75 Å². The standard InChI is InChI=1S/C11H16O/c1-4-11(2,3)9-5-7-10(12)8-6-9/h5-8,12H,4H2,1-3H3/p-1. The van der Waals surface area contributed by atoms with Gasteiger partial charge in [0, 0.05) is 0 Å². The van der Waals surface area contributed by atoms with Gasteiger partial charge in [-0.1, -0.05) is 45.0 Å². The van der Waals surface area contributed by atoms with E-state index >= 15 is 0 Å². The van der Waals surface area contributed by atoms with Gasteiger partial charge in [0.2, 0.25) is 0 Å². The summed E-state index contributed by atoms with van der Waals surface area (Å²) in [4.78, 5) is 0. The molecule has 1 heteroatoms. The molecule has 1 aromatic carbocycles. The van der Waals surface area contributed by atoms with E-state index in [-0.39, 0.29) is 11.2 Å². The third kappa shape index (κ3) is 1.79. The summed E-state index contributed by atoms with van der Waals surface area (Å²) in [7, 11) is 0. The Kier molecular flexibility index (Phi) is 2.41. The van der Waals surface area contributed by atoms with Crippen molar-refractivity contribution in [1.29, 1.82) is 0 Å². The lowest BCUT2D eigenvalue weighted by Crippen LogP contribution is -2.15. The molecule has 0 heterocycles. The first-order chi connectivity index (χ1) is 5.56. The highest BCUT2D eigenvalue weighted by Gasteiger charge is 2.16. The Morgan fingerprint density at radius 3 is 2.08 bits per heavy atom. The SMILES string of the molecule is CCC(C)(C)c1ccc([O-])cc1. The maximum Gasteiger partial charge on any atom is -0.0106 e. The second-order valence-corrected chi connectivity index (χ2v) is 3.76. The molecule has 0 N–H and O–H groups in total. The molecule has 0 aliphatic heterocycles. The fourth-order valence-corrected chi connectivity index (χ4v) is 1.11. The van der Waals surface area contributed by atoms with Crippen LogP contribution in [0.15, 0.2) is 24.3 Å². The molecule has 1 nitrogen and oxygen atoms in total. The topological polar surface area (TPSA) is 23.1 Å². The molecule has 0 aromatic heterocycles. The van der Waals surface area contributed by atoms with E-state index in [4.69, 9.17) is 0 Å². The lowest BCUT2D eigenvalue weighted by atomic mass is 9.82. The summed E-state index contributed by atoms with van der Waals surface area (Å²) in [6.07, 6.45) is 1.09. The first kappa shape index (κ1) is 9.11. The highest BCUT2D eigenvalue weighted by molar-refractivity contribution is 5.29. The Morgan fingerprint density at radius 2 is 1.67 bits per heavy atom. The van der Waals surface area contributed by atoms with Crippen molar-refractivity contribution in [2.45, 2.75) is 32.6 Å². The molecule has 0 aliphatic rings. The first-order valence-electron chi connectivity index (χ1n) is 4.34. The highest BCUT2D eigenvalue weighted by atomic mass is 16.3. The van der Waals surface area contributed by atoms with Crippen LogP contribution in [0.3, 0.4) is 0 Å². The van der Waals surface area contributed by atoms with E-state index in [0.717, 1.165) is 6.42 Å². The van der Waals surface area contributed by atoms with Crippen LogP contribution >= 0.6 is 0 Å². The van der Waals surface area contributed by atoms with Crippen LogP contribution in [0.1, 0.15) is 32.8 Å². The molecule has 0 spiro atoms. The summed E-state index contributed by atoms with van der Waals surface area (Å²) >= 11 is 0. The van der Waals surface area contributed by atoms with Crippen LogP contribution in [-0.4, -0.2) is 0 Å². The minimum Gasteiger partial charge on any atom is -0.872 e. The summed E-state index contributed by atoms with van der Waals surface area (Å²) in [6, 6.07) is 7.11. The molecule has 1 rings (SSSR count). The van der Waals surface area contributed by atoms with Crippen molar-refractivity contribution in [1.82, 2.24) is 0 Å². The van der Waals surface area contributed by atoms with Crippen molar-refractivity contribution in [2.24, 2.45) is 0 Å². The second-order valence-electron chi connectivity index (χ2n) is 3.76. The number of benzene rings is 1. The molecule has 0 saturated heterocycles. The van der Waals surface area contributed by atoms with Crippen LogP contribution in [0.5, 0.6) is 5.75 Å². The molecule has 0 bridgehead atoms. The second kappa shape index (κ2) is 3.18. The third-order valence-electron chi connectivity index (χ3n) is 2.52. The lowest BCUT2D eigenvalue weighted by Gasteiger charge is -2.23. The normalized spacial score (nSPS) is 11.6. The van der Waals surface area contributed by atoms with E-state index in [1.54, 1.807) is 12.1 Å². The van der Waals surface area contributed by atoms with Crippen LogP contribution in [-0.2, 0) is 5.41 Å². The van der Waals surface area contributed by atoms with Crippen LogP contribution in [0, 0.1) is 0 Å². The molecular weight excluding hydrogens is 148 g/mol. The van der Waals surface area contributed by atoms with Gasteiger partial charge in [-0.25, -0.2) is 0 Å². The van der Waals surface area contributed by atoms with Crippen LogP contribution < -0.4 is 5.11 Å². The Labute approximate surface area is 74.1 Å². The highest BCUT2D eigenvalue weighted by Crippen LogP contribution is 2.26. The zero-order valence-corrected chi connectivity index (χ0v) is 7.92. The smallest absolute Gasteiger partial charge is 0.0106 e. The van der Waals surface area contributed by atoms with Crippen molar-refractivity contribution < 1.29 is 5.11 Å². The van der Waals surface area contributed by atoms with Gasteiger partial charge < -0.3 is 5.11 Å². The van der Waals surface area contributed by atoms with Crippen molar-refractivity contribution in [3.63, 3.8) is 0 Å². The van der Waals surface area contributed by atoms with Gasteiger partial charge in [0.1, 0.15) is 0 Å². The molecule has 1 aromatic rings. The van der Waals surface area contributed by atoms with Crippen molar-refractivity contribution in [3.05, 3.63) is 29.8 Å². The van der Waals surface area contributed by atoms with E-state index < -0.39 is 0 Å². The number of hydrogen-bond acceptors (Lipinski definition) is 1. The predicted octanol–water partition coefficient (Wildman–Crippen LogP) is 2.45. The zero-order chi connectivity index (χ0) is 9.19. The lowest BCUT2D eigenvalue weighted by molar-refractivity contribution is -0.268. The molecule has 0 fully saturated rings. The van der Waals surface area contributed by atoms with Gasteiger partial charge in [0.25, 0.3) is 0 Å². The molecule has 0 aliphatic carbocycles. The average Bonchev–Trinajstić information content (AvgIpc) is 2.05.